The fourth-order valence-electron chi connectivity index (χ4n) is 0.473. The molecule has 0 rings (SSSR count). The van der Waals surface area contributed by atoms with Crippen LogP contribution in [0.3, 0.4) is 0 Å². The average molecular weight is 138 g/mol. The highest BCUT2D eigenvalue weighted by atomic mass is 16.4. The molecule has 0 amide bonds. The number of carbonyl (C=O) groups is 1. The Morgan fingerprint density at radius 2 is 2.10 bits per heavy atom. The van der Waals surface area contributed by atoms with Gasteiger partial charge in [-0.1, -0.05) is 24.8 Å². The van der Waals surface area contributed by atoms with E-state index in [9.17, 15) is 4.79 Å². The normalized spacial score (nSPS) is 10.7. The van der Waals surface area contributed by atoms with Crippen LogP contribution in [0.4, 0.5) is 0 Å². The summed E-state index contributed by atoms with van der Waals surface area (Å²) >= 11 is 0. The first-order valence-electron chi connectivity index (χ1n) is 2.81. The van der Waals surface area contributed by atoms with Crippen molar-refractivity contribution in [3.05, 3.63) is 36.5 Å². The van der Waals surface area contributed by atoms with Gasteiger partial charge >= 0.3 is 5.97 Å². The predicted molar refractivity (Wildman–Crippen MR) is 40.7 cm³/mol. The van der Waals surface area contributed by atoms with Crippen LogP contribution in [-0.4, -0.2) is 11.1 Å². The maximum Gasteiger partial charge on any atom is 0.335 e. The fraction of sp³-hybridized carbons (Fsp3) is 0.125. The van der Waals surface area contributed by atoms with Crippen LogP contribution in [0.25, 0.3) is 0 Å². The number of rotatable bonds is 3. The first-order chi connectivity index (χ1) is 4.57. The van der Waals surface area contributed by atoms with E-state index in [4.69, 9.17) is 5.11 Å². The van der Waals surface area contributed by atoms with Crippen molar-refractivity contribution in [2.24, 2.45) is 0 Å². The molecule has 0 heterocycles. The summed E-state index contributed by atoms with van der Waals surface area (Å²) in [5, 5.41) is 8.44. The Morgan fingerprint density at radius 3 is 2.20 bits per heavy atom. The van der Waals surface area contributed by atoms with Crippen LogP contribution in [-0.2, 0) is 4.79 Å². The van der Waals surface area contributed by atoms with Gasteiger partial charge in [0.2, 0.25) is 0 Å². The van der Waals surface area contributed by atoms with Gasteiger partial charge in [0.1, 0.15) is 0 Å². The first-order valence-corrected chi connectivity index (χ1v) is 2.81. The minimum Gasteiger partial charge on any atom is -0.478 e. The van der Waals surface area contributed by atoms with Crippen molar-refractivity contribution in [3.63, 3.8) is 0 Å². The topological polar surface area (TPSA) is 37.3 Å². The zero-order valence-corrected chi connectivity index (χ0v) is 5.92. The Bertz CT molecular complexity index is 199. The maximum atomic E-state index is 10.3. The lowest BCUT2D eigenvalue weighted by Crippen LogP contribution is -1.96. The molecule has 54 valence electrons. The van der Waals surface area contributed by atoms with E-state index in [1.54, 1.807) is 6.92 Å². The molecule has 2 heteroatoms. The molecule has 0 bridgehead atoms. The molecule has 0 radical (unpaired) electrons. The van der Waals surface area contributed by atoms with Crippen molar-refractivity contribution in [1.29, 1.82) is 0 Å². The molecule has 0 unspecified atom stereocenters. The van der Waals surface area contributed by atoms with E-state index in [0.29, 0.717) is 5.57 Å². The highest BCUT2D eigenvalue weighted by Crippen LogP contribution is 2.00. The van der Waals surface area contributed by atoms with E-state index < -0.39 is 5.97 Å². The largest absolute Gasteiger partial charge is 0.478 e. The van der Waals surface area contributed by atoms with E-state index in [0.717, 1.165) is 0 Å². The van der Waals surface area contributed by atoms with Gasteiger partial charge in [0, 0.05) is 0 Å². The molecule has 0 fully saturated rings. The third-order valence-electron chi connectivity index (χ3n) is 0.869. The standard InChI is InChI=1S/C8H10O2/c1-4-7(8(9)10)5-6(2)3/h4-5H,1-2H2,3H3,(H,9,10)/b7-5+. The quantitative estimate of drug-likeness (QED) is 0.476. The van der Waals surface area contributed by atoms with Gasteiger partial charge in [-0.15, -0.1) is 0 Å². The van der Waals surface area contributed by atoms with Gasteiger partial charge in [0.15, 0.2) is 0 Å². The number of aliphatic carboxylic acids is 1. The highest BCUT2D eigenvalue weighted by molar-refractivity contribution is 5.90. The second-order valence-corrected chi connectivity index (χ2v) is 1.96. The number of carboxylic acids is 1. The molecule has 0 aromatic carbocycles. The summed E-state index contributed by atoms with van der Waals surface area (Å²) in [6.45, 7) is 8.61. The van der Waals surface area contributed by atoms with Crippen LogP contribution in [0, 0.1) is 0 Å². The van der Waals surface area contributed by atoms with Gasteiger partial charge in [0.25, 0.3) is 0 Å². The lowest BCUT2D eigenvalue weighted by atomic mass is 10.2. The molecule has 2 nitrogen and oxygen atoms in total. The molecular formula is C8H10O2. The van der Waals surface area contributed by atoms with Crippen molar-refractivity contribution in [2.45, 2.75) is 6.92 Å². The number of hydrogen-bond donors (Lipinski definition) is 1. The Balaban J connectivity index is 4.49. The summed E-state index contributed by atoms with van der Waals surface area (Å²) in [6, 6.07) is 0. The number of allylic oxidation sites excluding steroid dienone is 2. The SMILES string of the molecule is C=C/C(=C\C(=C)C)C(=O)O. The van der Waals surface area contributed by atoms with Crippen molar-refractivity contribution >= 4 is 5.97 Å². The summed E-state index contributed by atoms with van der Waals surface area (Å²) < 4.78 is 0. The third-order valence-corrected chi connectivity index (χ3v) is 0.869. The molecule has 0 aliphatic rings. The molecule has 0 aromatic rings. The summed E-state index contributed by atoms with van der Waals surface area (Å²) in [6.07, 6.45) is 2.76. The minimum absolute atomic E-state index is 0.174. The second-order valence-electron chi connectivity index (χ2n) is 1.96. The van der Waals surface area contributed by atoms with Gasteiger partial charge in [0.05, 0.1) is 5.57 Å². The summed E-state index contributed by atoms with van der Waals surface area (Å²) in [4.78, 5) is 10.3. The summed E-state index contributed by atoms with van der Waals surface area (Å²) in [5.74, 6) is -0.974. The Morgan fingerprint density at radius 1 is 1.60 bits per heavy atom. The summed E-state index contributed by atoms with van der Waals surface area (Å²) in [5.41, 5.74) is 0.879. The molecule has 0 saturated carbocycles. The van der Waals surface area contributed by atoms with Crippen molar-refractivity contribution in [2.75, 3.05) is 0 Å². The monoisotopic (exact) mass is 138 g/mol. The van der Waals surface area contributed by atoms with Crippen LogP contribution < -0.4 is 0 Å². The van der Waals surface area contributed by atoms with Gasteiger partial charge in [-0.05, 0) is 13.0 Å². The smallest absolute Gasteiger partial charge is 0.335 e. The molecule has 0 spiro atoms. The Labute approximate surface area is 60.2 Å². The predicted octanol–water partition coefficient (Wildman–Crippen LogP) is 1.76. The molecular weight excluding hydrogens is 128 g/mol. The van der Waals surface area contributed by atoms with Crippen molar-refractivity contribution in [1.82, 2.24) is 0 Å². The minimum atomic E-state index is -0.974. The van der Waals surface area contributed by atoms with Crippen LogP contribution >= 0.6 is 0 Å². The molecule has 10 heavy (non-hydrogen) atoms. The van der Waals surface area contributed by atoms with E-state index >= 15 is 0 Å². The van der Waals surface area contributed by atoms with E-state index in [2.05, 4.69) is 13.2 Å². The van der Waals surface area contributed by atoms with E-state index in [1.165, 1.54) is 12.2 Å². The second kappa shape index (κ2) is 3.67. The number of carboxylic acid groups (broad SMARTS) is 1. The van der Waals surface area contributed by atoms with Crippen molar-refractivity contribution < 1.29 is 9.90 Å². The molecule has 0 aliphatic carbocycles. The molecule has 0 aromatic heterocycles. The summed E-state index contributed by atoms with van der Waals surface area (Å²) in [7, 11) is 0. The first kappa shape index (κ1) is 8.69. The van der Waals surface area contributed by atoms with E-state index in [-0.39, 0.29) is 5.57 Å². The zero-order chi connectivity index (χ0) is 8.15. The number of hydrogen-bond acceptors (Lipinski definition) is 1. The Hall–Kier alpha value is -1.31. The third kappa shape index (κ3) is 2.87. The molecule has 0 saturated heterocycles. The zero-order valence-electron chi connectivity index (χ0n) is 5.92. The molecule has 1 N–H and O–H groups in total. The van der Waals surface area contributed by atoms with Crippen LogP contribution in [0.15, 0.2) is 36.5 Å². The van der Waals surface area contributed by atoms with Gasteiger partial charge in [-0.25, -0.2) is 4.79 Å². The van der Waals surface area contributed by atoms with Gasteiger partial charge in [-0.3, -0.25) is 0 Å². The average Bonchev–Trinajstić information content (AvgIpc) is 1.81. The van der Waals surface area contributed by atoms with Gasteiger partial charge in [-0.2, -0.15) is 0 Å². The van der Waals surface area contributed by atoms with Crippen LogP contribution in [0.2, 0.25) is 0 Å². The van der Waals surface area contributed by atoms with Crippen LogP contribution in [0.5, 0.6) is 0 Å². The maximum absolute atomic E-state index is 10.3. The van der Waals surface area contributed by atoms with Crippen molar-refractivity contribution in [3.8, 4) is 0 Å². The Kier molecular flexibility index (Phi) is 3.19. The highest BCUT2D eigenvalue weighted by Gasteiger charge is 1.99. The molecule has 0 atom stereocenters. The lowest BCUT2D eigenvalue weighted by molar-refractivity contribution is -0.132. The fourth-order valence-corrected chi connectivity index (χ4v) is 0.473. The van der Waals surface area contributed by atoms with Gasteiger partial charge < -0.3 is 5.11 Å². The lowest BCUT2D eigenvalue weighted by Gasteiger charge is -1.91. The molecule has 0 aliphatic heterocycles. The van der Waals surface area contributed by atoms with E-state index in [1.807, 2.05) is 0 Å². The van der Waals surface area contributed by atoms with Crippen LogP contribution in [0.1, 0.15) is 6.92 Å².